The van der Waals surface area contributed by atoms with Crippen molar-refractivity contribution in [1.29, 1.82) is 0 Å². The summed E-state index contributed by atoms with van der Waals surface area (Å²) in [5, 5.41) is 11.6. The highest BCUT2D eigenvalue weighted by atomic mass is 16.6. The van der Waals surface area contributed by atoms with Crippen LogP contribution < -0.4 is 4.90 Å². The number of esters is 1. The van der Waals surface area contributed by atoms with E-state index >= 15 is 0 Å². The number of fused-ring (bicyclic) bond motifs is 1. The van der Waals surface area contributed by atoms with Crippen molar-refractivity contribution in [3.05, 3.63) is 70.0 Å². The summed E-state index contributed by atoms with van der Waals surface area (Å²) < 4.78 is 6.51. The van der Waals surface area contributed by atoms with Crippen LogP contribution in [-0.4, -0.2) is 34.6 Å². The number of carbonyl (C=O) groups excluding carboxylic acids is 1. The van der Waals surface area contributed by atoms with Gasteiger partial charge in [0.25, 0.3) is 5.69 Å². The lowest BCUT2D eigenvalue weighted by Crippen LogP contribution is -2.20. The van der Waals surface area contributed by atoms with Crippen LogP contribution in [0.1, 0.15) is 11.4 Å². The van der Waals surface area contributed by atoms with Gasteiger partial charge in [0, 0.05) is 26.2 Å². The molecule has 0 aliphatic heterocycles. The number of carbonyl (C=O) groups is 1. The maximum Gasteiger partial charge on any atom is 0.330 e. The molecule has 0 bridgehead atoms. The zero-order valence-electron chi connectivity index (χ0n) is 15.8. The van der Waals surface area contributed by atoms with Crippen molar-refractivity contribution >= 4 is 34.5 Å². The Morgan fingerprint density at radius 2 is 2.07 bits per heavy atom. The van der Waals surface area contributed by atoms with Crippen molar-refractivity contribution in [3.8, 4) is 0 Å². The predicted octanol–water partition coefficient (Wildman–Crippen LogP) is 3.30. The fraction of sp³-hybridized carbons (Fsp3) is 0.200. The molecule has 0 fully saturated rings. The first-order chi connectivity index (χ1) is 13.4. The van der Waals surface area contributed by atoms with Crippen LogP contribution in [0, 0.1) is 10.1 Å². The number of rotatable bonds is 6. The zero-order valence-corrected chi connectivity index (χ0v) is 15.8. The van der Waals surface area contributed by atoms with Gasteiger partial charge in [-0.3, -0.25) is 10.1 Å². The summed E-state index contributed by atoms with van der Waals surface area (Å²) in [6, 6.07) is 12.6. The van der Waals surface area contributed by atoms with Gasteiger partial charge in [0.1, 0.15) is 11.5 Å². The zero-order chi connectivity index (χ0) is 20.3. The number of nitro groups is 1. The lowest BCUT2D eigenvalue weighted by molar-refractivity contribution is -0.384. The lowest BCUT2D eigenvalue weighted by atomic mass is 10.1. The van der Waals surface area contributed by atoms with Crippen LogP contribution in [0.4, 0.5) is 11.4 Å². The van der Waals surface area contributed by atoms with Crippen molar-refractivity contribution in [3.63, 3.8) is 0 Å². The third-order valence-corrected chi connectivity index (χ3v) is 4.48. The predicted molar refractivity (Wildman–Crippen MR) is 107 cm³/mol. The van der Waals surface area contributed by atoms with Crippen molar-refractivity contribution in [1.82, 2.24) is 9.55 Å². The number of hydrogen-bond donors (Lipinski definition) is 0. The van der Waals surface area contributed by atoms with Crippen LogP contribution in [0.5, 0.6) is 0 Å². The summed E-state index contributed by atoms with van der Waals surface area (Å²) in [6.45, 7) is 0.406. The molecule has 0 aliphatic carbocycles. The molecule has 3 aromatic rings. The van der Waals surface area contributed by atoms with E-state index in [0.717, 1.165) is 16.9 Å². The van der Waals surface area contributed by atoms with E-state index in [1.165, 1.54) is 25.3 Å². The average Bonchev–Trinajstić information content (AvgIpc) is 3.01. The van der Waals surface area contributed by atoms with Crippen molar-refractivity contribution in [2.45, 2.75) is 6.54 Å². The molecule has 144 valence electrons. The van der Waals surface area contributed by atoms with Gasteiger partial charge in [-0.25, -0.2) is 9.78 Å². The first kappa shape index (κ1) is 19.1. The van der Waals surface area contributed by atoms with Crippen molar-refractivity contribution in [2.75, 3.05) is 19.1 Å². The van der Waals surface area contributed by atoms with Gasteiger partial charge in [-0.15, -0.1) is 0 Å². The van der Waals surface area contributed by atoms with Crippen LogP contribution in [0.15, 0.2) is 48.5 Å². The Bertz CT molecular complexity index is 1070. The van der Waals surface area contributed by atoms with Crippen molar-refractivity contribution < 1.29 is 14.5 Å². The highest BCUT2D eigenvalue weighted by Gasteiger charge is 2.19. The normalized spacial score (nSPS) is 11.1. The van der Waals surface area contributed by atoms with Gasteiger partial charge in [0.2, 0.25) is 0 Å². The Morgan fingerprint density at radius 1 is 1.32 bits per heavy atom. The molecule has 1 aromatic heterocycles. The molecule has 28 heavy (non-hydrogen) atoms. The van der Waals surface area contributed by atoms with Gasteiger partial charge in [-0.05, 0) is 29.8 Å². The summed E-state index contributed by atoms with van der Waals surface area (Å²) in [7, 11) is 4.98. The minimum absolute atomic E-state index is 0.0479. The molecule has 0 saturated heterocycles. The molecule has 0 aliphatic rings. The molecule has 2 aromatic carbocycles. The number of benzene rings is 2. The molecule has 8 heteroatoms. The van der Waals surface area contributed by atoms with Crippen molar-refractivity contribution in [2.24, 2.45) is 7.05 Å². The second-order valence-corrected chi connectivity index (χ2v) is 6.29. The molecule has 0 atom stereocenters. The molecule has 0 amide bonds. The number of methoxy groups -OCH3 is 1. The van der Waals surface area contributed by atoms with Crippen LogP contribution in [0.3, 0.4) is 0 Å². The van der Waals surface area contributed by atoms with E-state index in [-0.39, 0.29) is 5.69 Å². The second kappa shape index (κ2) is 7.91. The fourth-order valence-corrected chi connectivity index (χ4v) is 2.98. The van der Waals surface area contributed by atoms with Gasteiger partial charge >= 0.3 is 5.97 Å². The molecule has 0 N–H and O–H groups in total. The van der Waals surface area contributed by atoms with Gasteiger partial charge < -0.3 is 14.2 Å². The van der Waals surface area contributed by atoms with E-state index in [9.17, 15) is 14.9 Å². The van der Waals surface area contributed by atoms with Gasteiger partial charge in [0.05, 0.1) is 29.6 Å². The summed E-state index contributed by atoms with van der Waals surface area (Å²) in [5.74, 6) is 0.276. The molecule has 8 nitrogen and oxygen atoms in total. The third-order valence-electron chi connectivity index (χ3n) is 4.48. The van der Waals surface area contributed by atoms with E-state index in [1.807, 2.05) is 35.9 Å². The quantitative estimate of drug-likeness (QED) is 0.282. The lowest BCUT2D eigenvalue weighted by Gasteiger charge is -2.19. The van der Waals surface area contributed by atoms with E-state index < -0.39 is 10.9 Å². The number of nitrogens with zero attached hydrogens (tertiary/aromatic N) is 4. The maximum atomic E-state index is 11.6. The highest BCUT2D eigenvalue weighted by molar-refractivity contribution is 5.87. The molecule has 3 rings (SSSR count). The number of anilines is 1. The molecular weight excluding hydrogens is 360 g/mol. The highest BCUT2D eigenvalue weighted by Crippen LogP contribution is 2.30. The smallest absolute Gasteiger partial charge is 0.330 e. The number of ether oxygens (including phenoxy) is 1. The molecule has 0 unspecified atom stereocenters. The fourth-order valence-electron chi connectivity index (χ4n) is 2.98. The van der Waals surface area contributed by atoms with E-state index in [4.69, 9.17) is 0 Å². The summed E-state index contributed by atoms with van der Waals surface area (Å²) in [6.07, 6.45) is 2.70. The number of nitro benzene ring substituents is 1. The second-order valence-electron chi connectivity index (χ2n) is 6.29. The number of aryl methyl sites for hydroxylation is 1. The molecule has 0 saturated carbocycles. The Hall–Kier alpha value is -3.68. The standard InChI is InChI=1S/C20H20N4O4/c1-22(13-19-21-15-6-4-5-7-16(15)23(19)2)17-10-8-14(9-11-20(25)28-3)12-18(17)24(26)27/h4-12H,13H2,1-3H3. The first-order valence-electron chi connectivity index (χ1n) is 8.56. The molecular formula is C20H20N4O4. The largest absolute Gasteiger partial charge is 0.466 e. The topological polar surface area (TPSA) is 90.5 Å². The Morgan fingerprint density at radius 3 is 2.75 bits per heavy atom. The number of hydrogen-bond acceptors (Lipinski definition) is 6. The third kappa shape index (κ3) is 3.85. The molecule has 0 radical (unpaired) electrons. The van der Waals surface area contributed by atoms with Gasteiger partial charge in [-0.2, -0.15) is 0 Å². The SMILES string of the molecule is COC(=O)C=Cc1ccc(N(C)Cc2nc3ccccc3n2C)c([N+](=O)[O-])c1. The summed E-state index contributed by atoms with van der Waals surface area (Å²) in [4.78, 5) is 28.8. The Kier molecular flexibility index (Phi) is 5.39. The minimum atomic E-state index is -0.523. The van der Waals surface area contributed by atoms with Crippen LogP contribution >= 0.6 is 0 Å². The molecule has 0 spiro atoms. The number of para-hydroxylation sites is 2. The number of aromatic nitrogens is 2. The van der Waals surface area contributed by atoms with Crippen LogP contribution in [-0.2, 0) is 23.1 Å². The monoisotopic (exact) mass is 380 g/mol. The van der Waals surface area contributed by atoms with E-state index in [2.05, 4.69) is 9.72 Å². The van der Waals surface area contributed by atoms with E-state index in [0.29, 0.717) is 17.8 Å². The van der Waals surface area contributed by atoms with Gasteiger partial charge in [0.15, 0.2) is 0 Å². The van der Waals surface area contributed by atoms with Gasteiger partial charge in [-0.1, -0.05) is 18.2 Å². The number of imidazole rings is 1. The Labute approximate surface area is 161 Å². The average molecular weight is 380 g/mol. The van der Waals surface area contributed by atoms with Crippen LogP contribution in [0.25, 0.3) is 17.1 Å². The maximum absolute atomic E-state index is 11.6. The van der Waals surface area contributed by atoms with E-state index in [1.54, 1.807) is 24.1 Å². The summed E-state index contributed by atoms with van der Waals surface area (Å²) >= 11 is 0. The minimum Gasteiger partial charge on any atom is -0.466 e. The molecule has 1 heterocycles. The Balaban J connectivity index is 1.90. The summed E-state index contributed by atoms with van der Waals surface area (Å²) in [5.41, 5.74) is 2.84. The van der Waals surface area contributed by atoms with Crippen LogP contribution in [0.2, 0.25) is 0 Å². The first-order valence-corrected chi connectivity index (χ1v) is 8.56.